The molecule has 0 nitrogen and oxygen atoms in total. The molecule has 4 aromatic carbocycles. The van der Waals surface area contributed by atoms with E-state index < -0.39 is 20.0 Å². The van der Waals surface area contributed by atoms with Gasteiger partial charge in [-0.25, -0.2) is 0 Å². The van der Waals surface area contributed by atoms with Gasteiger partial charge in [-0.2, -0.15) is 0 Å². The summed E-state index contributed by atoms with van der Waals surface area (Å²) in [6.07, 6.45) is 7.77. The molecule has 2 aliphatic carbocycles. The summed E-state index contributed by atoms with van der Waals surface area (Å²) in [7, 11) is 0. The summed E-state index contributed by atoms with van der Waals surface area (Å²) in [6.45, 7) is 14.1. The Kier molecular flexibility index (Phi) is 6.59. The molecular weight excluding hydrogens is 671 g/mol. The van der Waals surface area contributed by atoms with Crippen LogP contribution in [0.5, 0.6) is 0 Å². The molecule has 4 aromatic rings. The molecule has 1 heteroatoms. The number of aryl methyl sites for hydroxylation is 2. The van der Waals surface area contributed by atoms with Crippen molar-refractivity contribution in [2.24, 2.45) is 5.41 Å². The summed E-state index contributed by atoms with van der Waals surface area (Å²) in [6, 6.07) is 28.1. The monoisotopic (exact) mass is 716 g/mol. The maximum absolute atomic E-state index is 3.07. The van der Waals surface area contributed by atoms with Crippen LogP contribution in [0.15, 0.2) is 83.9 Å². The Morgan fingerprint density at radius 1 is 0.595 bits per heavy atom. The van der Waals surface area contributed by atoms with E-state index in [-0.39, 0.29) is 5.41 Å². The van der Waals surface area contributed by atoms with Crippen LogP contribution in [0.3, 0.4) is 0 Å². The molecule has 1 aliphatic heterocycles. The Bertz CT molecular complexity index is 1700. The number of fused-ring (bicyclic) bond motifs is 6. The average molecular weight is 715 g/mol. The first-order valence-electron chi connectivity index (χ1n) is 15.9. The van der Waals surface area contributed by atoms with Crippen LogP contribution in [0.4, 0.5) is 0 Å². The van der Waals surface area contributed by atoms with Crippen LogP contribution in [0, 0.1) is 33.1 Å². The van der Waals surface area contributed by atoms with Crippen molar-refractivity contribution in [3.05, 3.63) is 128 Å². The summed E-state index contributed by atoms with van der Waals surface area (Å²) < 4.78 is 6.78. The third-order valence-corrected chi connectivity index (χ3v) is 26.6. The quantitative estimate of drug-likeness (QED) is 0.185. The zero-order valence-corrected chi connectivity index (χ0v) is 30.2. The van der Waals surface area contributed by atoms with Crippen molar-refractivity contribution >= 4 is 12.2 Å². The average Bonchev–Trinajstić information content (AvgIpc) is 3.57. The molecule has 42 heavy (non-hydrogen) atoms. The molecular formula is C41H44Hf. The van der Waals surface area contributed by atoms with E-state index in [2.05, 4.69) is 136 Å². The van der Waals surface area contributed by atoms with Gasteiger partial charge in [-0.1, -0.05) is 0 Å². The minimum atomic E-state index is -3.07. The molecule has 2 unspecified atom stereocenters. The zero-order valence-electron chi connectivity index (χ0n) is 26.7. The van der Waals surface area contributed by atoms with E-state index >= 15 is 0 Å². The van der Waals surface area contributed by atoms with Crippen molar-refractivity contribution in [3.63, 3.8) is 0 Å². The van der Waals surface area contributed by atoms with Crippen molar-refractivity contribution in [1.29, 1.82) is 0 Å². The van der Waals surface area contributed by atoms with Gasteiger partial charge in [0.15, 0.2) is 0 Å². The van der Waals surface area contributed by atoms with E-state index in [1.165, 1.54) is 68.5 Å². The number of benzene rings is 4. The van der Waals surface area contributed by atoms with Gasteiger partial charge in [0.25, 0.3) is 0 Å². The van der Waals surface area contributed by atoms with E-state index in [0.29, 0.717) is 7.35 Å². The van der Waals surface area contributed by atoms with Crippen molar-refractivity contribution in [3.8, 4) is 22.3 Å². The molecule has 3 aliphatic rings. The predicted octanol–water partition coefficient (Wildman–Crippen LogP) is 11.9. The molecule has 0 spiro atoms. The molecule has 2 atom stereocenters. The Hall–Kier alpha value is -2.77. The van der Waals surface area contributed by atoms with Crippen LogP contribution in [-0.2, 0) is 20.0 Å². The second-order valence-electron chi connectivity index (χ2n) is 14.1. The molecule has 0 aromatic heterocycles. The van der Waals surface area contributed by atoms with Crippen LogP contribution in [0.2, 0.25) is 9.36 Å². The van der Waals surface area contributed by atoms with Crippen LogP contribution >= 0.6 is 0 Å². The molecule has 0 amide bonds. The molecule has 7 rings (SSSR count). The third kappa shape index (κ3) is 3.81. The molecule has 212 valence electrons. The van der Waals surface area contributed by atoms with Gasteiger partial charge in [0.05, 0.1) is 0 Å². The standard InChI is InChI=1S/C39H38.2CH3.Hf/c1-7-20-39(6,31-21-29-14-10-18-35(37(29)23-31)33-16-8-12-25(2)27(33)4)32-22-30-15-11-19-36(38(30)24-32)34-17-9-13-26(3)28(34)5;;;/h8-19,21-24H,7,20H2,1-6H3;2*1H3;. The normalized spacial score (nSPS) is 23.0. The van der Waals surface area contributed by atoms with E-state index in [1.807, 2.05) is 0 Å². The number of rotatable bonds is 4. The van der Waals surface area contributed by atoms with E-state index in [4.69, 9.17) is 0 Å². The van der Waals surface area contributed by atoms with Crippen LogP contribution < -0.4 is 0 Å². The minimum absolute atomic E-state index is 0.0789. The number of hydrogen-bond donors (Lipinski definition) is 0. The predicted molar refractivity (Wildman–Crippen MR) is 179 cm³/mol. The first-order chi connectivity index (χ1) is 20.1. The van der Waals surface area contributed by atoms with Gasteiger partial charge in [0.2, 0.25) is 0 Å². The third-order valence-electron chi connectivity index (χ3n) is 11.4. The summed E-state index contributed by atoms with van der Waals surface area (Å²) >= 11 is -3.07. The van der Waals surface area contributed by atoms with Crippen molar-refractivity contribution in [2.75, 3.05) is 0 Å². The molecule has 1 heterocycles. The maximum atomic E-state index is 2.77. The van der Waals surface area contributed by atoms with Crippen molar-refractivity contribution in [2.45, 2.75) is 71.1 Å². The fourth-order valence-electron chi connectivity index (χ4n) is 9.04. The fourth-order valence-corrected chi connectivity index (χ4v) is 26.5. The SMILES string of the molecule is CCCC1(C)C2=Cc3c(-c4cccc(C)c4C)cccc3[CH]2[Hf]([CH3])([CH3])[CH]2C1=Cc1c(-c3cccc(C)c3C)cccc12. The topological polar surface area (TPSA) is 0 Å². The summed E-state index contributed by atoms with van der Waals surface area (Å²) in [5.74, 6) is 0. The second kappa shape index (κ2) is 9.88. The van der Waals surface area contributed by atoms with Crippen LogP contribution in [0.1, 0.15) is 78.5 Å². The number of hydrogen-bond acceptors (Lipinski definition) is 0. The second-order valence-corrected chi connectivity index (χ2v) is 31.3. The Balaban J connectivity index is 1.47. The van der Waals surface area contributed by atoms with Gasteiger partial charge < -0.3 is 0 Å². The van der Waals surface area contributed by atoms with E-state index in [1.54, 1.807) is 22.3 Å². The van der Waals surface area contributed by atoms with Crippen LogP contribution in [-0.4, -0.2) is 0 Å². The van der Waals surface area contributed by atoms with Gasteiger partial charge in [-0.15, -0.1) is 0 Å². The van der Waals surface area contributed by atoms with Crippen molar-refractivity contribution in [1.82, 2.24) is 0 Å². The molecule has 0 bridgehead atoms. The fraction of sp³-hybridized carbons (Fsp3) is 0.317. The molecule has 1 fully saturated rings. The van der Waals surface area contributed by atoms with E-state index in [0.717, 1.165) is 0 Å². The molecule has 0 N–H and O–H groups in total. The number of allylic oxidation sites excluding steroid dienone is 2. The Morgan fingerprint density at radius 3 is 1.43 bits per heavy atom. The molecule has 0 radical (unpaired) electrons. The Labute approximate surface area is 257 Å². The van der Waals surface area contributed by atoms with Gasteiger partial charge in [0, 0.05) is 0 Å². The first-order valence-corrected chi connectivity index (χ1v) is 27.3. The Morgan fingerprint density at radius 2 is 1.00 bits per heavy atom. The molecule has 1 saturated heterocycles. The van der Waals surface area contributed by atoms with Gasteiger partial charge in [-0.3, -0.25) is 0 Å². The summed E-state index contributed by atoms with van der Waals surface area (Å²) in [4.78, 5) is 0. The molecule has 0 saturated carbocycles. The zero-order chi connectivity index (χ0) is 29.6. The van der Waals surface area contributed by atoms with Gasteiger partial charge in [-0.05, 0) is 0 Å². The first kappa shape index (κ1) is 28.0. The van der Waals surface area contributed by atoms with Crippen LogP contribution in [0.25, 0.3) is 34.4 Å². The van der Waals surface area contributed by atoms with Gasteiger partial charge >= 0.3 is 259 Å². The summed E-state index contributed by atoms with van der Waals surface area (Å²) in [5.41, 5.74) is 21.0. The summed E-state index contributed by atoms with van der Waals surface area (Å²) in [5, 5.41) is 0. The van der Waals surface area contributed by atoms with E-state index in [9.17, 15) is 0 Å². The van der Waals surface area contributed by atoms with Crippen molar-refractivity contribution < 1.29 is 20.0 Å². The van der Waals surface area contributed by atoms with Gasteiger partial charge in [0.1, 0.15) is 0 Å².